The van der Waals surface area contributed by atoms with Gasteiger partial charge in [-0.3, -0.25) is 9.80 Å². The summed E-state index contributed by atoms with van der Waals surface area (Å²) in [5.41, 5.74) is 15.6. The summed E-state index contributed by atoms with van der Waals surface area (Å²) in [7, 11) is 0. The molecule has 30 heavy (non-hydrogen) atoms. The fourth-order valence-electron chi connectivity index (χ4n) is 4.67. The van der Waals surface area contributed by atoms with Crippen LogP contribution in [-0.4, -0.2) is 29.0 Å². The molecule has 4 N–H and O–H groups in total. The fourth-order valence-corrected chi connectivity index (χ4v) is 4.67. The third-order valence-corrected chi connectivity index (χ3v) is 6.12. The summed E-state index contributed by atoms with van der Waals surface area (Å²) in [5.74, 6) is 0.736. The molecule has 0 amide bonds. The molecule has 2 aliphatic rings. The summed E-state index contributed by atoms with van der Waals surface area (Å²) in [6.07, 6.45) is 5.38. The van der Waals surface area contributed by atoms with Gasteiger partial charge in [0.25, 0.3) is 0 Å². The van der Waals surface area contributed by atoms with Crippen molar-refractivity contribution < 1.29 is 0 Å². The van der Waals surface area contributed by atoms with E-state index in [9.17, 15) is 0 Å². The quantitative estimate of drug-likeness (QED) is 0.767. The number of hydrogen-bond donors (Lipinski definition) is 2. The van der Waals surface area contributed by atoms with Gasteiger partial charge in [-0.05, 0) is 55.5 Å². The van der Waals surface area contributed by atoms with Crippen LogP contribution in [0.4, 0.5) is 5.69 Å². The lowest BCUT2D eigenvalue weighted by Crippen LogP contribution is -2.58. The Labute approximate surface area is 179 Å². The lowest BCUT2D eigenvalue weighted by Gasteiger charge is -2.45. The molecule has 158 valence electrons. The molecule has 1 spiro atoms. The molecule has 4 rings (SSSR count). The van der Waals surface area contributed by atoms with Crippen LogP contribution in [0.5, 0.6) is 0 Å². The smallest absolute Gasteiger partial charge is 0.220 e. The average molecular weight is 405 g/mol. The van der Waals surface area contributed by atoms with Crippen LogP contribution in [0, 0.1) is 0 Å². The minimum absolute atomic E-state index is 0.293. The second-order valence-electron chi connectivity index (χ2n) is 8.28. The molecular weight excluding hydrogens is 372 g/mol. The number of benzene rings is 2. The summed E-state index contributed by atoms with van der Waals surface area (Å²) in [4.78, 5) is 13.6. The molecule has 2 aromatic rings. The van der Waals surface area contributed by atoms with Gasteiger partial charge in [-0.1, -0.05) is 55.8 Å². The number of hydrogen-bond acceptors (Lipinski definition) is 6. The average Bonchev–Trinajstić information content (AvgIpc) is 2.74. The first-order valence-electron chi connectivity index (χ1n) is 10.9. The van der Waals surface area contributed by atoms with E-state index < -0.39 is 5.66 Å². The number of nitrogens with two attached hydrogens (primary N) is 2. The van der Waals surface area contributed by atoms with E-state index in [2.05, 4.69) is 76.3 Å². The van der Waals surface area contributed by atoms with Gasteiger partial charge in [-0.25, -0.2) is 4.99 Å². The van der Waals surface area contributed by atoms with Crippen molar-refractivity contribution in [2.75, 3.05) is 11.4 Å². The maximum atomic E-state index is 6.39. The van der Waals surface area contributed by atoms with E-state index in [1.807, 2.05) is 0 Å². The molecule has 0 saturated heterocycles. The third kappa shape index (κ3) is 4.33. The highest BCUT2D eigenvalue weighted by atomic mass is 15.4. The predicted octanol–water partition coefficient (Wildman–Crippen LogP) is 3.82. The van der Waals surface area contributed by atoms with Gasteiger partial charge in [0, 0.05) is 18.8 Å². The summed E-state index contributed by atoms with van der Waals surface area (Å²) in [6, 6.07) is 19.2. The first-order valence-corrected chi connectivity index (χ1v) is 10.9. The first-order chi connectivity index (χ1) is 14.6. The molecule has 1 aliphatic heterocycles. The highest BCUT2D eigenvalue weighted by Gasteiger charge is 2.42. The first kappa shape index (κ1) is 20.4. The van der Waals surface area contributed by atoms with Crippen molar-refractivity contribution in [3.05, 3.63) is 65.7 Å². The summed E-state index contributed by atoms with van der Waals surface area (Å²) in [6.45, 7) is 5.00. The topological polar surface area (TPSA) is 83.2 Å². The van der Waals surface area contributed by atoms with Gasteiger partial charge in [0.2, 0.25) is 11.9 Å². The van der Waals surface area contributed by atoms with E-state index in [-0.39, 0.29) is 0 Å². The minimum atomic E-state index is -0.402. The van der Waals surface area contributed by atoms with Crippen LogP contribution in [0.3, 0.4) is 0 Å². The van der Waals surface area contributed by atoms with Crippen molar-refractivity contribution in [1.82, 2.24) is 4.90 Å². The Hall–Kier alpha value is -2.86. The summed E-state index contributed by atoms with van der Waals surface area (Å²) in [5, 5.41) is 0. The zero-order valence-electron chi connectivity index (χ0n) is 17.8. The molecule has 6 heteroatoms. The molecule has 1 aliphatic carbocycles. The van der Waals surface area contributed by atoms with Gasteiger partial charge in [0.1, 0.15) is 5.66 Å². The van der Waals surface area contributed by atoms with Crippen molar-refractivity contribution in [3.8, 4) is 0 Å². The normalized spacial score (nSPS) is 18.4. The van der Waals surface area contributed by atoms with Crippen molar-refractivity contribution in [2.24, 2.45) is 21.5 Å². The van der Waals surface area contributed by atoms with E-state index in [1.54, 1.807) is 0 Å². The van der Waals surface area contributed by atoms with E-state index in [0.717, 1.165) is 51.0 Å². The Kier molecular flexibility index (Phi) is 6.04. The van der Waals surface area contributed by atoms with Gasteiger partial charge in [-0.15, -0.1) is 0 Å². The third-order valence-electron chi connectivity index (χ3n) is 6.12. The fraction of sp³-hybridized carbons (Fsp3) is 0.417. The van der Waals surface area contributed by atoms with Gasteiger partial charge in [0.15, 0.2) is 0 Å². The highest BCUT2D eigenvalue weighted by Crippen LogP contribution is 2.39. The molecule has 6 nitrogen and oxygen atoms in total. The molecule has 1 saturated carbocycles. The number of rotatable bonds is 6. The van der Waals surface area contributed by atoms with E-state index in [4.69, 9.17) is 16.5 Å². The van der Waals surface area contributed by atoms with Crippen LogP contribution in [0.2, 0.25) is 0 Å². The maximum absolute atomic E-state index is 6.39. The van der Waals surface area contributed by atoms with Crippen LogP contribution >= 0.6 is 0 Å². The Balaban J connectivity index is 1.58. The van der Waals surface area contributed by atoms with Crippen LogP contribution in [0.15, 0.2) is 64.6 Å². The molecule has 1 heterocycles. The van der Waals surface area contributed by atoms with E-state index in [1.165, 1.54) is 17.5 Å². The van der Waals surface area contributed by atoms with E-state index in [0.29, 0.717) is 11.9 Å². The second-order valence-corrected chi connectivity index (χ2v) is 8.28. The Morgan fingerprint density at radius 2 is 1.63 bits per heavy atom. The molecule has 0 unspecified atom stereocenters. The molecule has 1 fully saturated rings. The molecule has 0 radical (unpaired) electrons. The highest BCUT2D eigenvalue weighted by molar-refractivity contribution is 6.05. The number of guanidine groups is 2. The Morgan fingerprint density at radius 3 is 2.37 bits per heavy atom. The molecular formula is C24H32N6. The standard InChI is InChI=1S/C24H32N6/c1-2-29(17-19-10-5-3-6-11-19)18-20-12-9-13-21(16-20)30-23(26)27-22(25)28-24(30)14-7-4-8-15-24/h3,5-6,9-13,16H,2,4,7-8,14-15,17-18H2,1H3,(H4,25,26,27,28). The lowest BCUT2D eigenvalue weighted by atomic mass is 9.87. The van der Waals surface area contributed by atoms with Crippen molar-refractivity contribution >= 4 is 17.6 Å². The van der Waals surface area contributed by atoms with E-state index >= 15 is 0 Å². The zero-order valence-corrected chi connectivity index (χ0v) is 17.8. The van der Waals surface area contributed by atoms with Crippen molar-refractivity contribution in [2.45, 2.75) is 57.8 Å². The van der Waals surface area contributed by atoms with Crippen LogP contribution in [0.25, 0.3) is 0 Å². The van der Waals surface area contributed by atoms with Gasteiger partial charge in [-0.2, -0.15) is 4.99 Å². The largest absolute Gasteiger partial charge is 0.369 e. The van der Waals surface area contributed by atoms with Crippen LogP contribution in [-0.2, 0) is 13.1 Å². The molecule has 0 bridgehead atoms. The Bertz CT molecular complexity index is 914. The molecule has 0 atom stereocenters. The minimum Gasteiger partial charge on any atom is -0.369 e. The van der Waals surface area contributed by atoms with Gasteiger partial charge < -0.3 is 11.5 Å². The number of anilines is 1. The lowest BCUT2D eigenvalue weighted by molar-refractivity contribution is 0.271. The van der Waals surface area contributed by atoms with Crippen LogP contribution < -0.4 is 16.4 Å². The monoisotopic (exact) mass is 404 g/mol. The van der Waals surface area contributed by atoms with Crippen LogP contribution in [0.1, 0.15) is 50.2 Å². The number of nitrogens with zero attached hydrogens (tertiary/aromatic N) is 4. The zero-order chi connectivity index (χ0) is 21.0. The second kappa shape index (κ2) is 8.88. The summed E-state index contributed by atoms with van der Waals surface area (Å²) < 4.78 is 0. The van der Waals surface area contributed by atoms with Crippen molar-refractivity contribution in [3.63, 3.8) is 0 Å². The molecule has 0 aromatic heterocycles. The van der Waals surface area contributed by atoms with Crippen molar-refractivity contribution in [1.29, 1.82) is 0 Å². The maximum Gasteiger partial charge on any atom is 0.220 e. The summed E-state index contributed by atoms with van der Waals surface area (Å²) >= 11 is 0. The Morgan fingerprint density at radius 1 is 0.933 bits per heavy atom. The van der Waals surface area contributed by atoms with Gasteiger partial charge in [0.05, 0.1) is 0 Å². The van der Waals surface area contributed by atoms with Gasteiger partial charge >= 0.3 is 0 Å². The molecule has 2 aromatic carbocycles. The SMILES string of the molecule is CCN(Cc1ccccc1)Cc1cccc(N2C(N)=NC(N)=NC23CCCCC3)c1. The number of aliphatic imine (C=N–C) groups is 2. The predicted molar refractivity (Wildman–Crippen MR) is 124 cm³/mol.